The summed E-state index contributed by atoms with van der Waals surface area (Å²) in [6, 6.07) is 9.24. The first-order valence-corrected chi connectivity index (χ1v) is 11.3. The quantitative estimate of drug-likeness (QED) is 0.388. The van der Waals surface area contributed by atoms with E-state index >= 15 is 0 Å². The number of nitrogens with zero attached hydrogens (tertiary/aromatic N) is 5. The van der Waals surface area contributed by atoms with E-state index < -0.39 is 0 Å². The highest BCUT2D eigenvalue weighted by molar-refractivity contribution is 6.38. The van der Waals surface area contributed by atoms with E-state index in [1.807, 2.05) is 25.2 Å². The Balaban J connectivity index is 1.38. The van der Waals surface area contributed by atoms with Crippen molar-refractivity contribution >= 4 is 40.0 Å². The van der Waals surface area contributed by atoms with E-state index in [2.05, 4.69) is 35.8 Å². The largest absolute Gasteiger partial charge is 0.496 e. The van der Waals surface area contributed by atoms with Gasteiger partial charge in [-0.2, -0.15) is 10.1 Å². The van der Waals surface area contributed by atoms with E-state index in [0.29, 0.717) is 33.8 Å². The van der Waals surface area contributed by atoms with Gasteiger partial charge >= 0.3 is 0 Å². The summed E-state index contributed by atoms with van der Waals surface area (Å²) in [6.07, 6.45) is 2.62. The Morgan fingerprint density at radius 1 is 1.26 bits per heavy atom. The molecule has 3 N–H and O–H groups in total. The normalized spacial score (nSPS) is 16.2. The van der Waals surface area contributed by atoms with Crippen LogP contribution < -0.4 is 15.4 Å². The summed E-state index contributed by atoms with van der Waals surface area (Å²) in [4.78, 5) is 19.6. The van der Waals surface area contributed by atoms with Crippen LogP contribution >= 0.6 is 11.6 Å². The standard InChI is InChI=1S/C23H25ClN8O2/c1-31-9-8-14(12-31)26-22(33)15-5-4-13(10-19(15)34-3)21-28-23(32(2)30-21)27-18-7-6-17-16(20(18)24)11-25-29-17/h4-7,10-11,14H,8-9,12H2,1-3H3,(H,25,29)(H,26,33)(H,27,28,30). The Kier molecular flexibility index (Phi) is 5.84. The molecule has 176 valence electrons. The van der Waals surface area contributed by atoms with Crippen LogP contribution in [0, 0.1) is 0 Å². The summed E-state index contributed by atoms with van der Waals surface area (Å²) in [7, 11) is 5.39. The van der Waals surface area contributed by atoms with Gasteiger partial charge in [-0.15, -0.1) is 5.10 Å². The summed E-state index contributed by atoms with van der Waals surface area (Å²) in [5.41, 5.74) is 2.76. The predicted octanol–water partition coefficient (Wildman–Crippen LogP) is 3.20. The third kappa shape index (κ3) is 4.17. The summed E-state index contributed by atoms with van der Waals surface area (Å²) in [5, 5.41) is 19.1. The SMILES string of the molecule is COc1cc(-c2nc(Nc3ccc4[nH]ncc4c3Cl)n(C)n2)ccc1C(=O)NC1CCN(C)C1. The van der Waals surface area contributed by atoms with Gasteiger partial charge in [-0.25, -0.2) is 4.68 Å². The molecule has 1 amide bonds. The van der Waals surface area contributed by atoms with Crippen molar-refractivity contribution in [3.63, 3.8) is 0 Å². The number of carbonyl (C=O) groups excluding carboxylic acids is 1. The maximum Gasteiger partial charge on any atom is 0.255 e. The third-order valence-electron chi connectivity index (χ3n) is 6.00. The van der Waals surface area contributed by atoms with Gasteiger partial charge in [0.15, 0.2) is 5.82 Å². The molecule has 2 aromatic carbocycles. The van der Waals surface area contributed by atoms with Crippen LogP contribution in [0.4, 0.5) is 11.6 Å². The summed E-state index contributed by atoms with van der Waals surface area (Å²) in [5.74, 6) is 1.33. The predicted molar refractivity (Wildman–Crippen MR) is 131 cm³/mol. The molecule has 1 fully saturated rings. The number of anilines is 2. The molecule has 0 spiro atoms. The number of methoxy groups -OCH3 is 1. The molecular weight excluding hydrogens is 456 g/mol. The first-order valence-electron chi connectivity index (χ1n) is 10.9. The summed E-state index contributed by atoms with van der Waals surface area (Å²) < 4.78 is 7.15. The minimum absolute atomic E-state index is 0.140. The molecule has 1 aliphatic rings. The first-order chi connectivity index (χ1) is 16.4. The Bertz CT molecular complexity index is 1360. The Morgan fingerprint density at radius 2 is 2.12 bits per heavy atom. The van der Waals surface area contributed by atoms with E-state index in [0.717, 1.165) is 36.0 Å². The van der Waals surface area contributed by atoms with E-state index in [4.69, 9.17) is 16.3 Å². The number of benzene rings is 2. The molecule has 1 unspecified atom stereocenters. The molecule has 10 nitrogen and oxygen atoms in total. The number of aromatic nitrogens is 5. The van der Waals surface area contributed by atoms with Gasteiger partial charge < -0.3 is 20.3 Å². The molecule has 1 aliphatic heterocycles. The van der Waals surface area contributed by atoms with Crippen molar-refractivity contribution in [3.8, 4) is 17.1 Å². The van der Waals surface area contributed by atoms with E-state index in [9.17, 15) is 4.79 Å². The molecule has 5 rings (SSSR count). The average molecular weight is 481 g/mol. The molecule has 0 aliphatic carbocycles. The van der Waals surface area contributed by atoms with Gasteiger partial charge in [-0.05, 0) is 44.3 Å². The van der Waals surface area contributed by atoms with Gasteiger partial charge in [0.25, 0.3) is 5.91 Å². The Morgan fingerprint density at radius 3 is 2.88 bits per heavy atom. The minimum Gasteiger partial charge on any atom is -0.496 e. The van der Waals surface area contributed by atoms with Crippen LogP contribution in [0.5, 0.6) is 5.75 Å². The number of aryl methyl sites for hydroxylation is 1. The lowest BCUT2D eigenvalue weighted by molar-refractivity contribution is 0.0935. The van der Waals surface area contributed by atoms with Crippen molar-refractivity contribution in [2.45, 2.75) is 12.5 Å². The van der Waals surface area contributed by atoms with Crippen LogP contribution in [0.1, 0.15) is 16.8 Å². The van der Waals surface area contributed by atoms with Gasteiger partial charge in [-0.3, -0.25) is 9.89 Å². The number of carbonyl (C=O) groups is 1. The lowest BCUT2D eigenvalue weighted by Crippen LogP contribution is -2.36. The summed E-state index contributed by atoms with van der Waals surface area (Å²) >= 11 is 6.53. The van der Waals surface area contributed by atoms with Gasteiger partial charge in [-0.1, -0.05) is 17.7 Å². The number of likely N-dealkylation sites (N-methyl/N-ethyl adjacent to an activating group) is 1. The zero-order valence-corrected chi connectivity index (χ0v) is 19.8. The van der Waals surface area contributed by atoms with Gasteiger partial charge in [0, 0.05) is 30.6 Å². The minimum atomic E-state index is -0.149. The second-order valence-corrected chi connectivity index (χ2v) is 8.78. The monoisotopic (exact) mass is 480 g/mol. The topological polar surface area (TPSA) is 113 Å². The zero-order valence-electron chi connectivity index (χ0n) is 19.1. The number of fused-ring (bicyclic) bond motifs is 1. The summed E-state index contributed by atoms with van der Waals surface area (Å²) in [6.45, 7) is 1.82. The number of H-pyrrole nitrogens is 1. The molecule has 2 aromatic heterocycles. The van der Waals surface area contributed by atoms with Crippen LogP contribution in [0.3, 0.4) is 0 Å². The van der Waals surface area contributed by atoms with E-state index in [1.54, 1.807) is 37.2 Å². The van der Waals surface area contributed by atoms with Crippen molar-refractivity contribution in [1.82, 2.24) is 35.2 Å². The number of nitrogens with one attached hydrogen (secondary N) is 3. The second kappa shape index (κ2) is 8.96. The number of amides is 1. The van der Waals surface area contributed by atoms with E-state index in [1.165, 1.54) is 0 Å². The van der Waals surface area contributed by atoms with Crippen LogP contribution in [0.2, 0.25) is 5.02 Å². The fourth-order valence-electron chi connectivity index (χ4n) is 4.15. The molecule has 0 radical (unpaired) electrons. The number of hydrogen-bond donors (Lipinski definition) is 3. The highest BCUT2D eigenvalue weighted by atomic mass is 35.5. The fraction of sp³-hybridized carbons (Fsp3) is 0.304. The van der Waals surface area contributed by atoms with Crippen molar-refractivity contribution < 1.29 is 9.53 Å². The molecule has 4 aromatic rings. The van der Waals surface area contributed by atoms with Crippen molar-refractivity contribution in [3.05, 3.63) is 47.1 Å². The zero-order chi connectivity index (χ0) is 23.8. The van der Waals surface area contributed by atoms with Crippen molar-refractivity contribution in [1.29, 1.82) is 0 Å². The highest BCUT2D eigenvalue weighted by Crippen LogP contribution is 2.32. The molecule has 0 bridgehead atoms. The maximum absolute atomic E-state index is 12.8. The Hall–Kier alpha value is -3.63. The van der Waals surface area contributed by atoms with Crippen LogP contribution in [0.25, 0.3) is 22.3 Å². The third-order valence-corrected chi connectivity index (χ3v) is 6.41. The molecule has 3 heterocycles. The average Bonchev–Trinajstić information content (AvgIpc) is 3.56. The highest BCUT2D eigenvalue weighted by Gasteiger charge is 2.23. The van der Waals surface area contributed by atoms with Gasteiger partial charge in [0.05, 0.1) is 35.1 Å². The van der Waals surface area contributed by atoms with Crippen molar-refractivity contribution in [2.75, 3.05) is 32.6 Å². The first kappa shape index (κ1) is 22.2. The molecule has 1 saturated heterocycles. The number of rotatable bonds is 6. The van der Waals surface area contributed by atoms with E-state index in [-0.39, 0.29) is 11.9 Å². The van der Waals surface area contributed by atoms with Gasteiger partial charge in [0.1, 0.15) is 5.75 Å². The fourth-order valence-corrected chi connectivity index (χ4v) is 4.41. The van der Waals surface area contributed by atoms with Crippen LogP contribution in [0.15, 0.2) is 36.5 Å². The molecule has 0 saturated carbocycles. The smallest absolute Gasteiger partial charge is 0.255 e. The van der Waals surface area contributed by atoms with Crippen LogP contribution in [-0.4, -0.2) is 69.1 Å². The molecule has 1 atom stereocenters. The lowest BCUT2D eigenvalue weighted by atomic mass is 10.1. The number of likely N-dealkylation sites (tertiary alicyclic amines) is 1. The number of aromatic amines is 1. The second-order valence-electron chi connectivity index (χ2n) is 8.40. The molecule has 11 heteroatoms. The van der Waals surface area contributed by atoms with Crippen LogP contribution in [-0.2, 0) is 7.05 Å². The Labute approximate surface area is 201 Å². The van der Waals surface area contributed by atoms with Crippen molar-refractivity contribution in [2.24, 2.45) is 7.05 Å². The lowest BCUT2D eigenvalue weighted by Gasteiger charge is -2.15. The number of ether oxygens (including phenoxy) is 1. The maximum atomic E-state index is 12.8. The van der Waals surface area contributed by atoms with Gasteiger partial charge in [0.2, 0.25) is 5.95 Å². The molecular formula is C23H25ClN8O2. The number of halogens is 1. The molecule has 34 heavy (non-hydrogen) atoms. The number of hydrogen-bond acceptors (Lipinski definition) is 7.